The predicted octanol–water partition coefficient (Wildman–Crippen LogP) is 13.2. The molecule has 0 bridgehead atoms. The largest absolute Gasteiger partial charge is 0.466 e. The molecule has 0 aromatic carbocycles. The quantitative estimate of drug-likeness (QED) is 0.0365. The van der Waals surface area contributed by atoms with Crippen molar-refractivity contribution in [3.63, 3.8) is 0 Å². The van der Waals surface area contributed by atoms with Crippen LogP contribution < -0.4 is 5.32 Å². The van der Waals surface area contributed by atoms with Crippen LogP contribution >= 0.6 is 0 Å². The van der Waals surface area contributed by atoms with E-state index in [0.717, 1.165) is 45.1 Å². The maximum absolute atomic E-state index is 13.1. The summed E-state index contributed by atoms with van der Waals surface area (Å²) in [5.74, 6) is -1.06. The summed E-state index contributed by atoms with van der Waals surface area (Å²) in [6.07, 6.45) is 45.7. The maximum Gasteiger partial charge on any atom is 0.305 e. The minimum Gasteiger partial charge on any atom is -0.466 e. The predicted molar refractivity (Wildman–Crippen MR) is 268 cm³/mol. The first-order valence-corrected chi connectivity index (χ1v) is 27.1. The zero-order valence-corrected chi connectivity index (χ0v) is 42.5. The van der Waals surface area contributed by atoms with E-state index < -0.39 is 0 Å². The molecule has 0 aromatic heterocycles. The van der Waals surface area contributed by atoms with Crippen LogP contribution in [0.3, 0.4) is 0 Å². The van der Waals surface area contributed by atoms with Gasteiger partial charge in [0.25, 0.3) is 0 Å². The molecule has 376 valence electrons. The zero-order valence-electron chi connectivity index (χ0n) is 42.5. The lowest BCUT2D eigenvalue weighted by molar-refractivity contribution is -0.144. The van der Waals surface area contributed by atoms with E-state index in [1.165, 1.54) is 179 Å². The fourth-order valence-corrected chi connectivity index (χ4v) is 7.90. The molecule has 0 aliphatic carbocycles. The molecule has 0 rings (SSSR count). The van der Waals surface area contributed by atoms with E-state index in [-0.39, 0.29) is 37.0 Å². The molecule has 0 atom stereocenters. The van der Waals surface area contributed by atoms with E-state index in [1.807, 2.05) is 19.0 Å². The van der Waals surface area contributed by atoms with Crippen molar-refractivity contribution in [1.82, 2.24) is 15.1 Å². The number of carbonyl (C=O) groups excluding carboxylic acids is 4. The highest BCUT2D eigenvalue weighted by Crippen LogP contribution is 2.16. The summed E-state index contributed by atoms with van der Waals surface area (Å²) in [6.45, 7) is 7.86. The second-order valence-electron chi connectivity index (χ2n) is 18.6. The first-order chi connectivity index (χ1) is 31.3. The van der Waals surface area contributed by atoms with Crippen LogP contribution in [0, 0.1) is 0 Å². The fraction of sp³-hybridized carbons (Fsp3) is 0.889. The molecule has 1 N–H and O–H groups in total. The third kappa shape index (κ3) is 47.5. The molecule has 0 saturated heterocycles. The van der Waals surface area contributed by atoms with Gasteiger partial charge in [0.15, 0.2) is 0 Å². The highest BCUT2D eigenvalue weighted by Gasteiger charge is 2.13. The molecule has 0 unspecified atom stereocenters. The third-order valence-corrected chi connectivity index (χ3v) is 12.1. The third-order valence-electron chi connectivity index (χ3n) is 12.1. The van der Waals surface area contributed by atoms with Gasteiger partial charge in [-0.3, -0.25) is 19.2 Å². The minimum atomic E-state index is -0.365. The van der Waals surface area contributed by atoms with E-state index in [0.29, 0.717) is 58.5 Å². The lowest BCUT2D eigenvalue weighted by atomic mass is 10.0. The summed E-state index contributed by atoms with van der Waals surface area (Å²) in [5, 5.41) is 2.74. The Labute approximate surface area is 394 Å². The van der Waals surface area contributed by atoms with Gasteiger partial charge in [-0.1, -0.05) is 206 Å². The van der Waals surface area contributed by atoms with Crippen LogP contribution in [-0.2, 0) is 33.4 Å². The van der Waals surface area contributed by atoms with Gasteiger partial charge in [0, 0.05) is 51.2 Å². The number of hydrogen-bond donors (Lipinski definition) is 1. The topological polar surface area (TPSA) is 114 Å². The Kier molecular flexibility index (Phi) is 48.0. The fourth-order valence-electron chi connectivity index (χ4n) is 7.90. The number of hydrogen-bond acceptors (Lipinski definition) is 8. The van der Waals surface area contributed by atoms with Crippen LogP contribution in [0.25, 0.3) is 0 Å². The number of carbonyl (C=O) groups is 4. The van der Waals surface area contributed by atoms with Crippen molar-refractivity contribution < 1.29 is 33.4 Å². The van der Waals surface area contributed by atoms with E-state index in [1.54, 1.807) is 4.90 Å². The van der Waals surface area contributed by atoms with E-state index in [4.69, 9.17) is 14.2 Å². The summed E-state index contributed by atoms with van der Waals surface area (Å²) >= 11 is 0. The molecule has 0 radical (unpaired) electrons. The molecule has 0 fully saturated rings. The van der Waals surface area contributed by atoms with Crippen molar-refractivity contribution in [1.29, 1.82) is 0 Å². The van der Waals surface area contributed by atoms with E-state index in [9.17, 15) is 19.2 Å². The molecule has 0 aliphatic rings. The van der Waals surface area contributed by atoms with E-state index in [2.05, 4.69) is 19.2 Å². The number of esters is 2. The van der Waals surface area contributed by atoms with Crippen molar-refractivity contribution in [3.05, 3.63) is 12.2 Å². The summed E-state index contributed by atoms with van der Waals surface area (Å²) < 4.78 is 16.5. The Hall–Kier alpha value is -2.46. The Morgan fingerprint density at radius 2 is 0.750 bits per heavy atom. The van der Waals surface area contributed by atoms with Crippen LogP contribution in [-0.4, -0.2) is 100 Å². The normalized spacial score (nSPS) is 11.5. The molecule has 64 heavy (non-hydrogen) atoms. The second-order valence-corrected chi connectivity index (χ2v) is 18.6. The molecular weight excluding hydrogens is 803 g/mol. The molecule has 0 saturated carbocycles. The van der Waals surface area contributed by atoms with Crippen molar-refractivity contribution >= 4 is 23.8 Å². The van der Waals surface area contributed by atoms with Crippen molar-refractivity contribution in [3.8, 4) is 0 Å². The lowest BCUT2D eigenvalue weighted by Gasteiger charge is -2.21. The van der Waals surface area contributed by atoms with Gasteiger partial charge in [-0.15, -0.1) is 0 Å². The second kappa shape index (κ2) is 50.0. The summed E-state index contributed by atoms with van der Waals surface area (Å²) in [5.41, 5.74) is 0. The average Bonchev–Trinajstić information content (AvgIpc) is 3.28. The van der Waals surface area contributed by atoms with Gasteiger partial charge >= 0.3 is 11.9 Å². The SMILES string of the molecule is CCCCCCCCCCCCCCCCCCC(=O)OCCCN(CCCOC(=O)CCCCCCCCCCCCCCCCCC)C(=O)C=CC(=O)NCCOCCN(C)C. The summed E-state index contributed by atoms with van der Waals surface area (Å²) in [7, 11) is 3.95. The van der Waals surface area contributed by atoms with Crippen LogP contribution in [0.1, 0.15) is 245 Å². The average molecular weight is 906 g/mol. The number of nitrogens with zero attached hydrogens (tertiary/aromatic N) is 2. The molecular formula is C54H103N3O7. The Morgan fingerprint density at radius 1 is 0.406 bits per heavy atom. The zero-order chi connectivity index (χ0) is 46.8. The van der Waals surface area contributed by atoms with Crippen LogP contribution in [0.15, 0.2) is 12.2 Å². The number of rotatable bonds is 50. The molecule has 10 nitrogen and oxygen atoms in total. The summed E-state index contributed by atoms with van der Waals surface area (Å²) in [4.78, 5) is 54.0. The van der Waals surface area contributed by atoms with Gasteiger partial charge in [0.1, 0.15) is 0 Å². The van der Waals surface area contributed by atoms with E-state index >= 15 is 0 Å². The molecule has 0 heterocycles. The number of unbranched alkanes of at least 4 members (excludes halogenated alkanes) is 30. The monoisotopic (exact) mass is 906 g/mol. The number of nitrogens with one attached hydrogen (secondary N) is 1. The Balaban J connectivity index is 4.31. The molecule has 10 heteroatoms. The molecule has 0 aliphatic heterocycles. The van der Waals surface area contributed by atoms with Crippen LogP contribution in [0.4, 0.5) is 0 Å². The summed E-state index contributed by atoms with van der Waals surface area (Å²) in [6, 6.07) is 0. The first kappa shape index (κ1) is 61.5. The highest BCUT2D eigenvalue weighted by molar-refractivity contribution is 5.96. The van der Waals surface area contributed by atoms with Crippen LogP contribution in [0.5, 0.6) is 0 Å². The highest BCUT2D eigenvalue weighted by atomic mass is 16.5. The number of amides is 2. The minimum absolute atomic E-state index is 0.193. The number of likely N-dealkylation sites (N-methyl/N-ethyl adjacent to an activating group) is 1. The van der Waals surface area contributed by atoms with Crippen LogP contribution in [0.2, 0.25) is 0 Å². The first-order valence-electron chi connectivity index (χ1n) is 27.1. The molecule has 0 spiro atoms. The van der Waals surface area contributed by atoms with Crippen molar-refractivity contribution in [2.45, 2.75) is 245 Å². The van der Waals surface area contributed by atoms with Crippen molar-refractivity contribution in [2.75, 3.05) is 66.7 Å². The van der Waals surface area contributed by atoms with Gasteiger partial charge < -0.3 is 29.3 Å². The van der Waals surface area contributed by atoms with Gasteiger partial charge in [0.2, 0.25) is 11.8 Å². The lowest BCUT2D eigenvalue weighted by Crippen LogP contribution is -2.33. The van der Waals surface area contributed by atoms with Gasteiger partial charge in [-0.25, -0.2) is 0 Å². The smallest absolute Gasteiger partial charge is 0.305 e. The Bertz CT molecular complexity index is 1030. The van der Waals surface area contributed by atoms with Gasteiger partial charge in [-0.2, -0.15) is 0 Å². The maximum atomic E-state index is 13.1. The van der Waals surface area contributed by atoms with Crippen molar-refractivity contribution in [2.24, 2.45) is 0 Å². The molecule has 2 amide bonds. The Morgan fingerprint density at radius 3 is 1.09 bits per heavy atom. The standard InChI is InChI=1S/C54H103N3O7/c1-5-7-9-11-13-15-17-19-21-23-25-27-29-31-33-35-39-53(60)63-47-37-44-57(52(59)42-41-51(58)55-43-49-62-50-46-56(3)4)45-38-48-64-54(61)40-36-34-32-30-28-26-24-22-20-18-16-14-12-10-8-6-2/h41-42H,5-40,43-50H2,1-4H3,(H,55,58). The number of ether oxygens (including phenoxy) is 3. The van der Waals surface area contributed by atoms with Gasteiger partial charge in [-0.05, 0) is 39.8 Å². The molecule has 0 aromatic rings. The van der Waals surface area contributed by atoms with Gasteiger partial charge in [0.05, 0.1) is 26.4 Å².